The third-order valence-corrected chi connectivity index (χ3v) is 3.98. The van der Waals surface area contributed by atoms with Crippen molar-refractivity contribution >= 4 is 21.8 Å². The van der Waals surface area contributed by atoms with E-state index >= 15 is 0 Å². The maximum absolute atomic E-state index is 12.1. The molecule has 0 aliphatic carbocycles. The molecule has 1 fully saturated rings. The fourth-order valence-corrected chi connectivity index (χ4v) is 2.41. The number of amides is 1. The van der Waals surface area contributed by atoms with Crippen LogP contribution in [-0.4, -0.2) is 54.2 Å². The lowest BCUT2D eigenvalue weighted by atomic mass is 10.0. The van der Waals surface area contributed by atoms with Gasteiger partial charge < -0.3 is 10.1 Å². The van der Waals surface area contributed by atoms with Gasteiger partial charge >= 0.3 is 0 Å². The molecule has 1 aliphatic heterocycles. The third kappa shape index (κ3) is 4.01. The van der Waals surface area contributed by atoms with E-state index in [2.05, 4.69) is 45.0 Å². The Morgan fingerprint density at radius 1 is 1.45 bits per heavy atom. The fourth-order valence-electron chi connectivity index (χ4n) is 2.18. The molecule has 1 aliphatic rings. The predicted molar refractivity (Wildman–Crippen MR) is 80.7 cm³/mol. The molecule has 2 rings (SSSR count). The minimum absolute atomic E-state index is 0.0885. The summed E-state index contributed by atoms with van der Waals surface area (Å²) in [7, 11) is 0. The summed E-state index contributed by atoms with van der Waals surface area (Å²) in [6.07, 6.45) is 1.63. The highest BCUT2D eigenvalue weighted by Gasteiger charge is 2.28. The summed E-state index contributed by atoms with van der Waals surface area (Å²) in [5.74, 6) is -0.140. The van der Waals surface area contributed by atoms with E-state index in [-0.39, 0.29) is 11.4 Å². The van der Waals surface area contributed by atoms with Gasteiger partial charge in [0.15, 0.2) is 0 Å². The number of rotatable bonds is 4. The Kier molecular flexibility index (Phi) is 5.12. The number of halogens is 1. The Balaban J connectivity index is 1.90. The van der Waals surface area contributed by atoms with Gasteiger partial charge in [0.2, 0.25) is 0 Å². The van der Waals surface area contributed by atoms with E-state index in [9.17, 15) is 4.79 Å². The van der Waals surface area contributed by atoms with Crippen molar-refractivity contribution < 1.29 is 9.53 Å². The Morgan fingerprint density at radius 3 is 2.75 bits per heavy atom. The Bertz CT molecular complexity index is 456. The van der Waals surface area contributed by atoms with Gasteiger partial charge in [0, 0.05) is 35.8 Å². The predicted octanol–water partition coefficient (Wildman–Crippen LogP) is 1.68. The van der Waals surface area contributed by atoms with Crippen molar-refractivity contribution in [3.8, 4) is 0 Å². The largest absolute Gasteiger partial charge is 0.379 e. The molecule has 1 aromatic heterocycles. The lowest BCUT2D eigenvalue weighted by Gasteiger charge is -2.40. The summed E-state index contributed by atoms with van der Waals surface area (Å²) in [5, 5.41) is 2.96. The number of nitrogens with zero attached hydrogens (tertiary/aromatic N) is 2. The van der Waals surface area contributed by atoms with Gasteiger partial charge in [-0.15, -0.1) is 0 Å². The molecule has 0 aromatic carbocycles. The Morgan fingerprint density at radius 2 is 2.15 bits per heavy atom. The third-order valence-electron chi connectivity index (χ3n) is 3.51. The zero-order chi connectivity index (χ0) is 14.6. The number of nitrogens with one attached hydrogen (secondary N) is 1. The van der Waals surface area contributed by atoms with E-state index in [1.54, 1.807) is 12.3 Å². The molecular formula is C14H20BrN3O2. The van der Waals surface area contributed by atoms with E-state index in [1.165, 1.54) is 0 Å². The molecule has 0 spiro atoms. The highest BCUT2D eigenvalue weighted by Crippen LogP contribution is 2.15. The van der Waals surface area contributed by atoms with Gasteiger partial charge in [0.05, 0.1) is 13.2 Å². The summed E-state index contributed by atoms with van der Waals surface area (Å²) in [4.78, 5) is 18.5. The average Bonchev–Trinajstić information content (AvgIpc) is 2.46. The highest BCUT2D eigenvalue weighted by atomic mass is 79.9. The van der Waals surface area contributed by atoms with Crippen LogP contribution in [0.2, 0.25) is 0 Å². The number of carbonyl (C=O) groups is 1. The van der Waals surface area contributed by atoms with Crippen LogP contribution in [0, 0.1) is 0 Å². The quantitative estimate of drug-likeness (QED) is 0.905. The van der Waals surface area contributed by atoms with Gasteiger partial charge in [0.1, 0.15) is 5.69 Å². The zero-order valence-electron chi connectivity index (χ0n) is 11.9. The van der Waals surface area contributed by atoms with Crippen LogP contribution >= 0.6 is 15.9 Å². The molecule has 0 radical (unpaired) electrons. The van der Waals surface area contributed by atoms with Crippen LogP contribution in [0.4, 0.5) is 0 Å². The maximum atomic E-state index is 12.1. The number of aromatic nitrogens is 1. The SMILES string of the molecule is CC(C)(CNC(=O)c1ccc(Br)cn1)N1CCOCC1. The van der Waals surface area contributed by atoms with Crippen LogP contribution in [0.25, 0.3) is 0 Å². The first kappa shape index (κ1) is 15.4. The van der Waals surface area contributed by atoms with Crippen molar-refractivity contribution in [2.75, 3.05) is 32.8 Å². The van der Waals surface area contributed by atoms with Gasteiger partial charge in [-0.1, -0.05) is 0 Å². The molecule has 0 bridgehead atoms. The molecule has 2 heterocycles. The van der Waals surface area contributed by atoms with Crippen LogP contribution in [-0.2, 0) is 4.74 Å². The molecule has 1 N–H and O–H groups in total. The highest BCUT2D eigenvalue weighted by molar-refractivity contribution is 9.10. The topological polar surface area (TPSA) is 54.5 Å². The van der Waals surface area contributed by atoms with Crippen molar-refractivity contribution in [1.82, 2.24) is 15.2 Å². The number of carbonyl (C=O) groups excluding carboxylic acids is 1. The Labute approximate surface area is 127 Å². The molecule has 1 aromatic rings. The smallest absolute Gasteiger partial charge is 0.269 e. The summed E-state index contributed by atoms with van der Waals surface area (Å²) in [6.45, 7) is 8.17. The second-order valence-electron chi connectivity index (χ2n) is 5.46. The van der Waals surface area contributed by atoms with E-state index in [0.717, 1.165) is 30.8 Å². The van der Waals surface area contributed by atoms with Crippen molar-refractivity contribution in [2.24, 2.45) is 0 Å². The van der Waals surface area contributed by atoms with Crippen molar-refractivity contribution in [3.63, 3.8) is 0 Å². The molecule has 0 saturated carbocycles. The molecule has 0 unspecified atom stereocenters. The average molecular weight is 342 g/mol. The molecule has 20 heavy (non-hydrogen) atoms. The number of hydrogen-bond acceptors (Lipinski definition) is 4. The normalized spacial score (nSPS) is 16.9. The molecule has 5 nitrogen and oxygen atoms in total. The molecule has 1 saturated heterocycles. The molecule has 110 valence electrons. The Hall–Kier alpha value is -0.980. The summed E-state index contributed by atoms with van der Waals surface area (Å²) >= 11 is 3.30. The number of ether oxygens (including phenoxy) is 1. The first-order valence-corrected chi connectivity index (χ1v) is 7.51. The van der Waals surface area contributed by atoms with E-state index < -0.39 is 0 Å². The van der Waals surface area contributed by atoms with E-state index in [4.69, 9.17) is 4.74 Å². The van der Waals surface area contributed by atoms with Gasteiger partial charge in [-0.2, -0.15) is 0 Å². The van der Waals surface area contributed by atoms with Crippen LogP contribution in [0.1, 0.15) is 24.3 Å². The number of hydrogen-bond donors (Lipinski definition) is 1. The fraction of sp³-hybridized carbons (Fsp3) is 0.571. The van der Waals surface area contributed by atoms with Crippen molar-refractivity contribution in [3.05, 3.63) is 28.5 Å². The first-order chi connectivity index (χ1) is 9.49. The lowest BCUT2D eigenvalue weighted by Crippen LogP contribution is -2.55. The van der Waals surface area contributed by atoms with Crippen LogP contribution in [0.3, 0.4) is 0 Å². The summed E-state index contributed by atoms with van der Waals surface area (Å²) < 4.78 is 6.22. The van der Waals surface area contributed by atoms with Gasteiger partial charge in [-0.05, 0) is 41.9 Å². The van der Waals surface area contributed by atoms with Crippen LogP contribution in [0.15, 0.2) is 22.8 Å². The maximum Gasteiger partial charge on any atom is 0.269 e. The minimum atomic E-state index is -0.140. The van der Waals surface area contributed by atoms with E-state index in [0.29, 0.717) is 12.2 Å². The zero-order valence-corrected chi connectivity index (χ0v) is 13.4. The second-order valence-corrected chi connectivity index (χ2v) is 6.37. The standard InChI is InChI=1S/C14H20BrN3O2/c1-14(2,18-5-7-20-8-6-18)10-17-13(19)12-4-3-11(15)9-16-12/h3-4,9H,5-8,10H2,1-2H3,(H,17,19). The summed E-state index contributed by atoms with van der Waals surface area (Å²) in [6, 6.07) is 3.52. The lowest BCUT2D eigenvalue weighted by molar-refractivity contribution is -0.00924. The van der Waals surface area contributed by atoms with Crippen LogP contribution in [0.5, 0.6) is 0 Å². The molecule has 0 atom stereocenters. The van der Waals surface area contributed by atoms with Crippen molar-refractivity contribution in [1.29, 1.82) is 0 Å². The first-order valence-electron chi connectivity index (χ1n) is 6.71. The van der Waals surface area contributed by atoms with Gasteiger partial charge in [-0.25, -0.2) is 4.98 Å². The van der Waals surface area contributed by atoms with Gasteiger partial charge in [-0.3, -0.25) is 9.69 Å². The molecular weight excluding hydrogens is 322 g/mol. The van der Waals surface area contributed by atoms with Crippen molar-refractivity contribution in [2.45, 2.75) is 19.4 Å². The summed E-state index contributed by atoms with van der Waals surface area (Å²) in [5.41, 5.74) is 0.348. The monoisotopic (exact) mass is 341 g/mol. The number of pyridine rings is 1. The molecule has 6 heteroatoms. The van der Waals surface area contributed by atoms with Gasteiger partial charge in [0.25, 0.3) is 5.91 Å². The van der Waals surface area contributed by atoms with Crippen LogP contribution < -0.4 is 5.32 Å². The molecule has 1 amide bonds. The second kappa shape index (κ2) is 6.65. The minimum Gasteiger partial charge on any atom is -0.379 e. The van der Waals surface area contributed by atoms with E-state index in [1.807, 2.05) is 6.07 Å². The number of morpholine rings is 1.